The van der Waals surface area contributed by atoms with E-state index >= 15 is 0 Å². The number of halogens is 2. The van der Waals surface area contributed by atoms with Crippen LogP contribution in [0, 0.1) is 0 Å². The van der Waals surface area contributed by atoms with Crippen LogP contribution in [-0.4, -0.2) is 25.0 Å². The van der Waals surface area contributed by atoms with E-state index in [9.17, 15) is 23.5 Å². The van der Waals surface area contributed by atoms with Crippen LogP contribution in [0.5, 0.6) is 0 Å². The molecule has 0 saturated carbocycles. The number of hydrogen-bond donors (Lipinski definition) is 0. The molecule has 0 unspecified atom stereocenters. The molecule has 0 aromatic heterocycles. The Morgan fingerprint density at radius 1 is 1.45 bits per heavy atom. The van der Waals surface area contributed by atoms with Crippen molar-refractivity contribution in [2.75, 3.05) is 7.11 Å². The van der Waals surface area contributed by atoms with E-state index in [4.69, 9.17) is 0 Å². The molecular formula is C4H3F2KO4. The van der Waals surface area contributed by atoms with Gasteiger partial charge in [0.05, 0.1) is 7.11 Å². The Morgan fingerprint density at radius 2 is 1.82 bits per heavy atom. The molecule has 4 nitrogen and oxygen atoms in total. The van der Waals surface area contributed by atoms with Crippen LogP contribution in [0.25, 0.3) is 0 Å². The van der Waals surface area contributed by atoms with Crippen molar-refractivity contribution < 1.29 is 79.6 Å². The Morgan fingerprint density at radius 3 is 1.91 bits per heavy atom. The summed E-state index contributed by atoms with van der Waals surface area (Å²) in [6.07, 6.45) is 0. The van der Waals surface area contributed by atoms with Gasteiger partial charge in [-0.25, -0.2) is 4.79 Å². The smallest absolute Gasteiger partial charge is 0.543 e. The van der Waals surface area contributed by atoms with Gasteiger partial charge in [0, 0.05) is 0 Å². The first kappa shape index (κ1) is 14.0. The van der Waals surface area contributed by atoms with Crippen molar-refractivity contribution in [3.8, 4) is 0 Å². The van der Waals surface area contributed by atoms with Gasteiger partial charge in [-0.1, -0.05) is 0 Å². The van der Waals surface area contributed by atoms with Crippen molar-refractivity contribution in [1.82, 2.24) is 0 Å². The number of rotatable bonds is 2. The maximum Gasteiger partial charge on any atom is 1.00 e. The van der Waals surface area contributed by atoms with Gasteiger partial charge in [0.15, 0.2) is 0 Å². The van der Waals surface area contributed by atoms with Crippen LogP contribution in [0.3, 0.4) is 0 Å². The van der Waals surface area contributed by atoms with Crippen LogP contribution >= 0.6 is 0 Å². The molecular weight excluding hydrogens is 189 g/mol. The molecule has 0 saturated heterocycles. The molecule has 0 rings (SSSR count). The fourth-order valence-corrected chi connectivity index (χ4v) is 0.212. The number of ether oxygens (including phenoxy) is 1. The van der Waals surface area contributed by atoms with Gasteiger partial charge < -0.3 is 14.6 Å². The average Bonchev–Trinajstić information content (AvgIpc) is 1.86. The molecule has 7 heteroatoms. The summed E-state index contributed by atoms with van der Waals surface area (Å²) in [6, 6.07) is 0. The molecule has 0 bridgehead atoms. The zero-order valence-corrected chi connectivity index (χ0v) is 9.01. The van der Waals surface area contributed by atoms with E-state index in [1.807, 2.05) is 0 Å². The van der Waals surface area contributed by atoms with E-state index in [0.717, 1.165) is 0 Å². The summed E-state index contributed by atoms with van der Waals surface area (Å²) in [6.45, 7) is 0. The SMILES string of the molecule is COC(=O)C(F)(F)C(=O)[O-].[K+]. The topological polar surface area (TPSA) is 66.4 Å². The van der Waals surface area contributed by atoms with Crippen LogP contribution in [0.15, 0.2) is 0 Å². The summed E-state index contributed by atoms with van der Waals surface area (Å²) in [5.74, 6) is -9.44. The monoisotopic (exact) mass is 192 g/mol. The molecule has 58 valence electrons. The zero-order valence-electron chi connectivity index (χ0n) is 5.89. The number of hydrogen-bond acceptors (Lipinski definition) is 4. The largest absolute Gasteiger partial charge is 1.00 e. The summed E-state index contributed by atoms with van der Waals surface area (Å²) in [4.78, 5) is 19.3. The van der Waals surface area contributed by atoms with Crippen molar-refractivity contribution in [2.45, 2.75) is 5.92 Å². The first-order valence-corrected chi connectivity index (χ1v) is 2.10. The van der Waals surface area contributed by atoms with Gasteiger partial charge in [-0.15, -0.1) is 0 Å². The van der Waals surface area contributed by atoms with Crippen molar-refractivity contribution >= 4 is 11.9 Å². The van der Waals surface area contributed by atoms with E-state index in [2.05, 4.69) is 4.74 Å². The molecule has 0 heterocycles. The molecule has 0 aliphatic carbocycles. The molecule has 0 aliphatic heterocycles. The van der Waals surface area contributed by atoms with E-state index in [1.165, 1.54) is 0 Å². The van der Waals surface area contributed by atoms with Gasteiger partial charge >= 0.3 is 63.3 Å². The first-order valence-electron chi connectivity index (χ1n) is 2.10. The Kier molecular flexibility index (Phi) is 6.55. The first-order chi connectivity index (χ1) is 4.42. The molecule has 0 aromatic rings. The summed E-state index contributed by atoms with van der Waals surface area (Å²) < 4.78 is 27.1. The number of carbonyl (C=O) groups is 2. The Hall–Kier alpha value is 0.436. The minimum absolute atomic E-state index is 0. The predicted molar refractivity (Wildman–Crippen MR) is 22.0 cm³/mol. The summed E-state index contributed by atoms with van der Waals surface area (Å²) in [5.41, 5.74) is 0. The third-order valence-electron chi connectivity index (χ3n) is 0.698. The Balaban J connectivity index is 0. The zero-order chi connectivity index (χ0) is 8.36. The van der Waals surface area contributed by atoms with Crippen molar-refractivity contribution in [3.05, 3.63) is 0 Å². The Labute approximate surface area is 103 Å². The third-order valence-corrected chi connectivity index (χ3v) is 0.698. The van der Waals surface area contributed by atoms with Crippen molar-refractivity contribution in [2.24, 2.45) is 0 Å². The number of carbonyl (C=O) groups excluding carboxylic acids is 2. The van der Waals surface area contributed by atoms with Crippen molar-refractivity contribution in [3.63, 3.8) is 0 Å². The number of carboxylic acid groups (broad SMARTS) is 1. The second-order valence-corrected chi connectivity index (χ2v) is 1.35. The molecule has 0 N–H and O–H groups in total. The van der Waals surface area contributed by atoms with Gasteiger partial charge in [-0.3, -0.25) is 0 Å². The van der Waals surface area contributed by atoms with Crippen LogP contribution in [-0.2, 0) is 14.3 Å². The van der Waals surface area contributed by atoms with Crippen LogP contribution in [0.2, 0.25) is 0 Å². The van der Waals surface area contributed by atoms with E-state index < -0.39 is 17.9 Å². The summed E-state index contributed by atoms with van der Waals surface area (Å²) in [5, 5.41) is 9.46. The van der Waals surface area contributed by atoms with Gasteiger partial charge in [0.1, 0.15) is 5.97 Å². The molecule has 0 aromatic carbocycles. The predicted octanol–water partition coefficient (Wildman–Crippen LogP) is -4.45. The van der Waals surface area contributed by atoms with Gasteiger partial charge in [-0.2, -0.15) is 8.78 Å². The maximum atomic E-state index is 11.8. The van der Waals surface area contributed by atoms with Gasteiger partial charge in [-0.05, 0) is 0 Å². The number of aliphatic carboxylic acids is 1. The number of esters is 1. The van der Waals surface area contributed by atoms with Crippen LogP contribution < -0.4 is 56.5 Å². The molecule has 0 atom stereocenters. The van der Waals surface area contributed by atoms with E-state index in [0.29, 0.717) is 7.11 Å². The van der Waals surface area contributed by atoms with Crippen LogP contribution in [0.4, 0.5) is 8.78 Å². The van der Waals surface area contributed by atoms with E-state index in [-0.39, 0.29) is 51.4 Å². The van der Waals surface area contributed by atoms with Gasteiger partial charge in [0.2, 0.25) is 0 Å². The summed E-state index contributed by atoms with van der Waals surface area (Å²) in [7, 11) is 0.652. The standard InChI is InChI=1S/C4H4F2O4.K/c1-10-3(9)4(5,6)2(7)8;/h1H3,(H,7,8);/q;+1/p-1. The second kappa shape index (κ2) is 5.15. The maximum absolute atomic E-state index is 11.8. The summed E-state index contributed by atoms with van der Waals surface area (Å²) >= 11 is 0. The number of carboxylic acids is 1. The number of methoxy groups -OCH3 is 1. The molecule has 0 fully saturated rings. The van der Waals surface area contributed by atoms with Crippen molar-refractivity contribution in [1.29, 1.82) is 0 Å². The van der Waals surface area contributed by atoms with Crippen LogP contribution in [0.1, 0.15) is 0 Å². The second-order valence-electron chi connectivity index (χ2n) is 1.35. The molecule has 0 radical (unpaired) electrons. The molecule has 0 spiro atoms. The fourth-order valence-electron chi connectivity index (χ4n) is 0.212. The quantitative estimate of drug-likeness (QED) is 0.251. The minimum Gasteiger partial charge on any atom is -0.543 e. The number of alkyl halides is 2. The average molecular weight is 192 g/mol. The third kappa shape index (κ3) is 3.56. The normalized spacial score (nSPS) is 9.73. The van der Waals surface area contributed by atoms with E-state index in [1.54, 1.807) is 0 Å². The Bertz CT molecular complexity index is 169. The minimum atomic E-state index is -4.55. The van der Waals surface area contributed by atoms with Gasteiger partial charge in [0.25, 0.3) is 0 Å². The fraction of sp³-hybridized carbons (Fsp3) is 0.500. The molecule has 0 amide bonds. The molecule has 0 aliphatic rings. The molecule has 11 heavy (non-hydrogen) atoms.